The molecule has 0 amide bonds. The molecule has 0 saturated carbocycles. The zero-order valence-corrected chi connectivity index (χ0v) is 20.4. The van der Waals surface area contributed by atoms with Crippen molar-refractivity contribution in [3.05, 3.63) is 69.6 Å². The largest absolute Gasteiger partial charge is 0.329 e. The van der Waals surface area contributed by atoms with Gasteiger partial charge in [-0.2, -0.15) is 0 Å². The predicted molar refractivity (Wildman–Crippen MR) is 134 cm³/mol. The summed E-state index contributed by atoms with van der Waals surface area (Å²) >= 11 is 6.70. The summed E-state index contributed by atoms with van der Waals surface area (Å²) in [4.78, 5) is 17.5. The topological polar surface area (TPSA) is 94.3 Å². The first kappa shape index (κ1) is 23.9. The molecule has 0 radical (unpaired) electrons. The van der Waals surface area contributed by atoms with E-state index in [4.69, 9.17) is 11.6 Å². The molecule has 0 unspecified atom stereocenters. The maximum absolute atomic E-state index is 13.2. The zero-order chi connectivity index (χ0) is 23.9. The van der Waals surface area contributed by atoms with Crippen molar-refractivity contribution in [1.29, 1.82) is 0 Å². The first-order chi connectivity index (χ1) is 16.6. The molecule has 1 N–H and O–H groups in total. The summed E-state index contributed by atoms with van der Waals surface area (Å²) in [5.41, 5.74) is 4.78. The molecule has 3 heterocycles. The minimum atomic E-state index is -0.0227. The molecule has 34 heavy (non-hydrogen) atoms. The lowest BCUT2D eigenvalue weighted by atomic mass is 10.00. The molecule has 0 spiro atoms. The lowest BCUT2D eigenvalue weighted by Crippen LogP contribution is -2.25. The van der Waals surface area contributed by atoms with Crippen LogP contribution in [0.5, 0.6) is 0 Å². The van der Waals surface area contributed by atoms with Gasteiger partial charge in [0.1, 0.15) is 5.15 Å². The quantitative estimate of drug-likeness (QED) is 0.301. The Balaban J connectivity index is 1.62. The number of aromatic nitrogens is 7. The van der Waals surface area contributed by atoms with Crippen molar-refractivity contribution in [3.8, 4) is 22.5 Å². The van der Waals surface area contributed by atoms with Crippen LogP contribution in [0.2, 0.25) is 5.15 Å². The van der Waals surface area contributed by atoms with Crippen molar-refractivity contribution in [3.63, 3.8) is 0 Å². The third-order valence-electron chi connectivity index (χ3n) is 6.04. The number of imidazole rings is 1. The van der Waals surface area contributed by atoms with Crippen LogP contribution in [-0.2, 0) is 19.5 Å². The van der Waals surface area contributed by atoms with Crippen molar-refractivity contribution >= 4 is 11.6 Å². The molecule has 8 nitrogen and oxygen atoms in total. The minimum Gasteiger partial charge on any atom is -0.290 e. The van der Waals surface area contributed by atoms with E-state index in [-0.39, 0.29) is 5.69 Å². The van der Waals surface area contributed by atoms with Crippen LogP contribution in [0.25, 0.3) is 22.5 Å². The van der Waals surface area contributed by atoms with Gasteiger partial charge >= 0.3 is 5.69 Å². The van der Waals surface area contributed by atoms with Crippen molar-refractivity contribution in [2.24, 2.45) is 0 Å². The van der Waals surface area contributed by atoms with Gasteiger partial charge in [-0.1, -0.05) is 69.0 Å². The van der Waals surface area contributed by atoms with E-state index in [0.29, 0.717) is 24.1 Å². The van der Waals surface area contributed by atoms with Gasteiger partial charge < -0.3 is 0 Å². The Hall–Kier alpha value is -3.26. The van der Waals surface area contributed by atoms with Crippen molar-refractivity contribution in [1.82, 2.24) is 34.7 Å². The maximum Gasteiger partial charge on any atom is 0.329 e. The van der Waals surface area contributed by atoms with Gasteiger partial charge in [0.15, 0.2) is 5.82 Å². The summed E-state index contributed by atoms with van der Waals surface area (Å²) in [6.07, 6.45) is 9.49. The Morgan fingerprint density at radius 3 is 2.47 bits per heavy atom. The first-order valence-corrected chi connectivity index (χ1v) is 12.3. The Bertz CT molecular complexity index is 1260. The number of nitrogens with zero attached hydrogens (tertiary/aromatic N) is 6. The fourth-order valence-electron chi connectivity index (χ4n) is 4.15. The molecule has 4 rings (SSSR count). The molecule has 3 aromatic heterocycles. The SMILES string of the molecule is CCCCCn1c(Cl)c(CCCC)n(Cc2ccc(-c3ccncc3-c3nnn[nH]3)cc2)c1=O. The lowest BCUT2D eigenvalue weighted by Gasteiger charge is -2.10. The molecule has 0 atom stereocenters. The van der Waals surface area contributed by atoms with Crippen LogP contribution >= 0.6 is 11.6 Å². The summed E-state index contributed by atoms with van der Waals surface area (Å²) in [6.45, 7) is 5.46. The van der Waals surface area contributed by atoms with E-state index in [1.807, 2.05) is 10.6 Å². The van der Waals surface area contributed by atoms with Crippen LogP contribution in [0.1, 0.15) is 57.2 Å². The Kier molecular flexibility index (Phi) is 7.90. The number of H-pyrrole nitrogens is 1. The third-order valence-corrected chi connectivity index (χ3v) is 6.46. The number of hydrogen-bond acceptors (Lipinski definition) is 5. The normalized spacial score (nSPS) is 11.3. The number of aromatic amines is 1. The highest BCUT2D eigenvalue weighted by Gasteiger charge is 2.18. The summed E-state index contributed by atoms with van der Waals surface area (Å²) in [5.74, 6) is 0.568. The Morgan fingerprint density at radius 2 is 1.76 bits per heavy atom. The Labute approximate surface area is 204 Å². The molecular formula is C25H30ClN7O. The lowest BCUT2D eigenvalue weighted by molar-refractivity contribution is 0.573. The van der Waals surface area contributed by atoms with Crippen LogP contribution in [0.15, 0.2) is 47.5 Å². The molecule has 178 valence electrons. The summed E-state index contributed by atoms with van der Waals surface area (Å²) in [6, 6.07) is 10.1. The molecule has 1 aromatic carbocycles. The van der Waals surface area contributed by atoms with Gasteiger partial charge in [0.2, 0.25) is 0 Å². The van der Waals surface area contributed by atoms with E-state index in [0.717, 1.165) is 66.5 Å². The average molecular weight is 480 g/mol. The molecule has 0 aliphatic carbocycles. The smallest absolute Gasteiger partial charge is 0.290 e. The maximum atomic E-state index is 13.2. The van der Waals surface area contributed by atoms with Crippen molar-refractivity contribution < 1.29 is 0 Å². The monoisotopic (exact) mass is 479 g/mol. The number of unbranched alkanes of at least 4 members (excludes halogenated alkanes) is 3. The van der Waals surface area contributed by atoms with Crippen LogP contribution in [-0.4, -0.2) is 34.7 Å². The van der Waals surface area contributed by atoms with Gasteiger partial charge in [-0.3, -0.25) is 14.1 Å². The highest BCUT2D eigenvalue weighted by Crippen LogP contribution is 2.29. The number of halogens is 1. The number of pyridine rings is 1. The molecule has 0 bridgehead atoms. The van der Waals surface area contributed by atoms with E-state index >= 15 is 0 Å². The zero-order valence-electron chi connectivity index (χ0n) is 19.7. The molecule has 4 aromatic rings. The van der Waals surface area contributed by atoms with Gasteiger partial charge in [0, 0.05) is 24.5 Å². The predicted octanol–water partition coefficient (Wildman–Crippen LogP) is 5.13. The van der Waals surface area contributed by atoms with Crippen LogP contribution in [0.3, 0.4) is 0 Å². The number of benzene rings is 1. The third kappa shape index (κ3) is 5.12. The van der Waals surface area contributed by atoms with E-state index in [2.05, 4.69) is 63.7 Å². The molecule has 0 fully saturated rings. The first-order valence-electron chi connectivity index (χ1n) is 11.9. The second-order valence-electron chi connectivity index (χ2n) is 8.44. The van der Waals surface area contributed by atoms with Crippen LogP contribution in [0, 0.1) is 0 Å². The molecule has 9 heteroatoms. The highest BCUT2D eigenvalue weighted by molar-refractivity contribution is 6.30. The van der Waals surface area contributed by atoms with Gasteiger partial charge in [0.25, 0.3) is 0 Å². The van der Waals surface area contributed by atoms with Crippen molar-refractivity contribution in [2.75, 3.05) is 0 Å². The molecular weight excluding hydrogens is 450 g/mol. The van der Waals surface area contributed by atoms with Gasteiger partial charge in [0.05, 0.1) is 12.2 Å². The highest BCUT2D eigenvalue weighted by atomic mass is 35.5. The minimum absolute atomic E-state index is 0.0227. The number of tetrazole rings is 1. The fraction of sp³-hybridized carbons (Fsp3) is 0.400. The van der Waals surface area contributed by atoms with Crippen molar-refractivity contribution in [2.45, 2.75) is 65.5 Å². The Morgan fingerprint density at radius 1 is 0.971 bits per heavy atom. The summed E-state index contributed by atoms with van der Waals surface area (Å²) < 4.78 is 3.59. The van der Waals surface area contributed by atoms with Gasteiger partial charge in [-0.15, -0.1) is 5.10 Å². The van der Waals surface area contributed by atoms with E-state index in [1.54, 1.807) is 17.0 Å². The van der Waals surface area contributed by atoms with Crippen LogP contribution < -0.4 is 5.69 Å². The standard InChI is InChI=1S/C25H30ClN7O/c1-3-5-7-15-32-23(26)22(8-6-4-2)33(25(32)34)17-18-9-11-19(12-10-18)20-13-14-27-16-21(20)24-28-30-31-29-24/h9-14,16H,3-8,15,17H2,1-2H3,(H,28,29,30,31). The van der Waals surface area contributed by atoms with E-state index in [1.165, 1.54) is 0 Å². The van der Waals surface area contributed by atoms with Gasteiger partial charge in [-0.25, -0.2) is 9.89 Å². The fourth-order valence-corrected chi connectivity index (χ4v) is 4.51. The second kappa shape index (κ2) is 11.2. The number of rotatable bonds is 11. The van der Waals surface area contributed by atoms with Crippen LogP contribution in [0.4, 0.5) is 0 Å². The average Bonchev–Trinajstić information content (AvgIpc) is 3.47. The van der Waals surface area contributed by atoms with E-state index < -0.39 is 0 Å². The second-order valence-corrected chi connectivity index (χ2v) is 8.79. The van der Waals surface area contributed by atoms with E-state index in [9.17, 15) is 4.79 Å². The molecule has 0 aliphatic rings. The summed E-state index contributed by atoms with van der Waals surface area (Å²) in [7, 11) is 0. The van der Waals surface area contributed by atoms with Gasteiger partial charge in [-0.05, 0) is 52.4 Å². The summed E-state index contributed by atoms with van der Waals surface area (Å²) in [5, 5.41) is 14.7. The number of nitrogens with one attached hydrogen (secondary N) is 1. The molecule has 0 saturated heterocycles. The number of hydrogen-bond donors (Lipinski definition) is 1. The molecule has 0 aliphatic heterocycles.